The summed E-state index contributed by atoms with van der Waals surface area (Å²) in [6.07, 6.45) is 6.25. The minimum Gasteiger partial charge on any atom is -0.491 e. The van der Waals surface area contributed by atoms with Crippen LogP contribution in [0.25, 0.3) is 0 Å². The fourth-order valence-corrected chi connectivity index (χ4v) is 5.30. The zero-order valence-electron chi connectivity index (χ0n) is 19.6. The molecule has 1 aliphatic carbocycles. The second kappa shape index (κ2) is 9.33. The Morgan fingerprint density at radius 1 is 1.30 bits per heavy atom. The van der Waals surface area contributed by atoms with E-state index in [1.54, 1.807) is 24.1 Å². The molecule has 0 bridgehead atoms. The standard InChI is InChI=1S/C24H33N5O4/c1-4-18-21(29(14-8-6-7-9-14)19(5-2)22(30)28(18)3)27-24(25)26-17-11-10-16(23(31)32)15-12-13-33-20(15)17/h10-11,14,19H,4-9,12-13H2,1-3H3,(H,31,32)(H3,25,26,27). The van der Waals surface area contributed by atoms with Crippen LogP contribution in [-0.4, -0.2) is 58.5 Å². The summed E-state index contributed by atoms with van der Waals surface area (Å²) in [7, 11) is 1.81. The molecule has 3 aliphatic rings. The summed E-state index contributed by atoms with van der Waals surface area (Å²) in [6, 6.07) is 3.23. The number of nitrogens with two attached hydrogens (primary N) is 1. The van der Waals surface area contributed by atoms with Crippen molar-refractivity contribution in [1.82, 2.24) is 9.80 Å². The first-order valence-electron chi connectivity index (χ1n) is 11.8. The van der Waals surface area contributed by atoms with Gasteiger partial charge >= 0.3 is 5.97 Å². The van der Waals surface area contributed by atoms with Gasteiger partial charge in [0, 0.05) is 25.1 Å². The van der Waals surface area contributed by atoms with Crippen molar-refractivity contribution < 1.29 is 19.4 Å². The molecule has 1 aromatic carbocycles. The molecule has 2 aliphatic heterocycles. The number of aromatic carboxylic acids is 1. The number of ether oxygens (including phenoxy) is 1. The molecule has 0 spiro atoms. The highest BCUT2D eigenvalue weighted by atomic mass is 16.5. The van der Waals surface area contributed by atoms with Crippen molar-refractivity contribution in [2.24, 2.45) is 10.7 Å². The van der Waals surface area contributed by atoms with Gasteiger partial charge in [-0.15, -0.1) is 0 Å². The molecule has 4 rings (SSSR count). The Bertz CT molecular complexity index is 1010. The highest BCUT2D eigenvalue weighted by Crippen LogP contribution is 2.38. The molecule has 9 heteroatoms. The number of aliphatic imine (C=N–C) groups is 1. The number of hydrogen-bond donors (Lipinski definition) is 3. The lowest BCUT2D eigenvalue weighted by Crippen LogP contribution is -2.54. The third kappa shape index (κ3) is 4.12. The molecule has 1 amide bonds. The number of carboxylic acid groups (broad SMARTS) is 1. The van der Waals surface area contributed by atoms with E-state index in [2.05, 4.69) is 10.2 Å². The largest absolute Gasteiger partial charge is 0.491 e. The van der Waals surface area contributed by atoms with Gasteiger partial charge in [-0.25, -0.2) is 4.79 Å². The van der Waals surface area contributed by atoms with Gasteiger partial charge in [-0.2, -0.15) is 4.99 Å². The van der Waals surface area contributed by atoms with E-state index >= 15 is 0 Å². The Morgan fingerprint density at radius 3 is 2.67 bits per heavy atom. The minimum atomic E-state index is -0.976. The molecule has 9 nitrogen and oxygen atoms in total. The molecule has 33 heavy (non-hydrogen) atoms. The molecule has 1 saturated carbocycles. The van der Waals surface area contributed by atoms with Gasteiger partial charge in [-0.1, -0.05) is 26.7 Å². The molecule has 0 aromatic heterocycles. The van der Waals surface area contributed by atoms with Gasteiger partial charge in [0.2, 0.25) is 5.91 Å². The third-order valence-electron chi connectivity index (χ3n) is 6.88. The summed E-state index contributed by atoms with van der Waals surface area (Å²) < 4.78 is 5.71. The van der Waals surface area contributed by atoms with Crippen LogP contribution in [0.3, 0.4) is 0 Å². The highest BCUT2D eigenvalue weighted by molar-refractivity contribution is 5.97. The van der Waals surface area contributed by atoms with Gasteiger partial charge in [0.05, 0.1) is 23.6 Å². The van der Waals surface area contributed by atoms with Crippen molar-refractivity contribution in [3.8, 4) is 5.75 Å². The Morgan fingerprint density at radius 2 is 2.03 bits per heavy atom. The van der Waals surface area contributed by atoms with Crippen LogP contribution in [0.15, 0.2) is 28.6 Å². The molecule has 1 unspecified atom stereocenters. The summed E-state index contributed by atoms with van der Waals surface area (Å²) in [5.74, 6) is 0.547. The molecular formula is C24H33N5O4. The first-order valence-corrected chi connectivity index (χ1v) is 11.8. The number of benzene rings is 1. The van der Waals surface area contributed by atoms with Gasteiger partial charge in [0.1, 0.15) is 11.8 Å². The Hall–Kier alpha value is -3.23. The Balaban J connectivity index is 1.72. The predicted molar refractivity (Wildman–Crippen MR) is 126 cm³/mol. The van der Waals surface area contributed by atoms with E-state index < -0.39 is 5.97 Å². The van der Waals surface area contributed by atoms with Crippen LogP contribution < -0.4 is 15.8 Å². The van der Waals surface area contributed by atoms with Crippen molar-refractivity contribution in [2.45, 2.75) is 70.9 Å². The second-order valence-corrected chi connectivity index (χ2v) is 8.78. The van der Waals surface area contributed by atoms with Crippen LogP contribution in [0.1, 0.15) is 68.3 Å². The number of fused-ring (bicyclic) bond motifs is 1. The monoisotopic (exact) mass is 455 g/mol. The summed E-state index contributed by atoms with van der Waals surface area (Å²) in [5, 5.41) is 12.6. The van der Waals surface area contributed by atoms with Gasteiger partial charge in [0.15, 0.2) is 11.8 Å². The van der Waals surface area contributed by atoms with Gasteiger partial charge < -0.3 is 30.7 Å². The smallest absolute Gasteiger partial charge is 0.336 e. The number of likely N-dealkylation sites (N-methyl/N-ethyl adjacent to an activating group) is 1. The summed E-state index contributed by atoms with van der Waals surface area (Å²) in [5.41, 5.74) is 8.72. The number of nitrogens with zero attached hydrogens (tertiary/aromatic N) is 3. The quantitative estimate of drug-likeness (QED) is 0.445. The number of carboxylic acids is 1. The van der Waals surface area contributed by atoms with Crippen LogP contribution in [0.5, 0.6) is 5.75 Å². The molecule has 178 valence electrons. The number of carbonyl (C=O) groups is 2. The molecule has 2 heterocycles. The second-order valence-electron chi connectivity index (χ2n) is 8.78. The molecule has 4 N–H and O–H groups in total. The lowest BCUT2D eigenvalue weighted by atomic mass is 10.0. The summed E-state index contributed by atoms with van der Waals surface area (Å²) in [6.45, 7) is 4.47. The maximum absolute atomic E-state index is 13.1. The van der Waals surface area contributed by atoms with Gasteiger partial charge in [-0.05, 0) is 37.8 Å². The van der Waals surface area contributed by atoms with Gasteiger partial charge in [-0.3, -0.25) is 4.79 Å². The minimum absolute atomic E-state index is 0.0993. The maximum Gasteiger partial charge on any atom is 0.336 e. The van der Waals surface area contributed by atoms with E-state index in [-0.39, 0.29) is 29.5 Å². The molecule has 1 aromatic rings. The molecule has 1 atom stereocenters. The first kappa shape index (κ1) is 22.9. The number of guanidine groups is 1. The molecule has 1 fully saturated rings. The van der Waals surface area contributed by atoms with E-state index in [0.717, 1.165) is 37.2 Å². The SMILES string of the molecule is CCC1=C(N=C(N)Nc2ccc(C(=O)O)c3c2OCC3)N(C2CCCC2)C(CC)C(=O)N1C. The number of nitrogens with one attached hydrogen (secondary N) is 1. The zero-order valence-corrected chi connectivity index (χ0v) is 19.6. The number of rotatable bonds is 6. The fourth-order valence-electron chi connectivity index (χ4n) is 5.30. The first-order chi connectivity index (χ1) is 15.9. The van der Waals surface area contributed by atoms with E-state index in [1.165, 1.54) is 0 Å². The normalized spacial score (nSPS) is 21.5. The van der Waals surface area contributed by atoms with Crippen LogP contribution in [-0.2, 0) is 11.2 Å². The van der Waals surface area contributed by atoms with Crippen molar-refractivity contribution in [3.63, 3.8) is 0 Å². The van der Waals surface area contributed by atoms with E-state index in [9.17, 15) is 14.7 Å². The van der Waals surface area contributed by atoms with E-state index in [0.29, 0.717) is 42.9 Å². The number of carbonyl (C=O) groups excluding carboxylic acids is 1. The van der Waals surface area contributed by atoms with E-state index in [4.69, 9.17) is 15.5 Å². The predicted octanol–water partition coefficient (Wildman–Crippen LogP) is 3.12. The average Bonchev–Trinajstić information content (AvgIpc) is 3.48. The molecule has 0 radical (unpaired) electrons. The number of allylic oxidation sites excluding steroid dienone is 1. The van der Waals surface area contributed by atoms with Crippen LogP contribution in [0, 0.1) is 0 Å². The lowest BCUT2D eigenvalue weighted by molar-refractivity contribution is -0.136. The number of hydrogen-bond acceptors (Lipinski definition) is 5. The Labute approximate surface area is 194 Å². The van der Waals surface area contributed by atoms with Crippen molar-refractivity contribution in [1.29, 1.82) is 0 Å². The summed E-state index contributed by atoms with van der Waals surface area (Å²) in [4.78, 5) is 33.4. The zero-order chi connectivity index (χ0) is 23.7. The fraction of sp³-hybridized carbons (Fsp3) is 0.542. The number of amides is 1. The average molecular weight is 456 g/mol. The molecule has 0 saturated heterocycles. The van der Waals surface area contributed by atoms with Gasteiger partial charge in [0.25, 0.3) is 0 Å². The van der Waals surface area contributed by atoms with Crippen molar-refractivity contribution in [2.75, 3.05) is 19.0 Å². The van der Waals surface area contributed by atoms with E-state index in [1.807, 2.05) is 13.8 Å². The summed E-state index contributed by atoms with van der Waals surface area (Å²) >= 11 is 0. The lowest BCUT2D eigenvalue weighted by Gasteiger charge is -2.44. The van der Waals surface area contributed by atoms with Crippen molar-refractivity contribution in [3.05, 3.63) is 34.8 Å². The Kier molecular flexibility index (Phi) is 6.49. The number of anilines is 1. The van der Waals surface area contributed by atoms with Crippen LogP contribution in [0.2, 0.25) is 0 Å². The van der Waals surface area contributed by atoms with Crippen LogP contribution >= 0.6 is 0 Å². The molecular weight excluding hydrogens is 422 g/mol. The topological polar surface area (TPSA) is 120 Å². The van der Waals surface area contributed by atoms with Crippen molar-refractivity contribution >= 4 is 23.5 Å². The maximum atomic E-state index is 13.1. The third-order valence-corrected chi connectivity index (χ3v) is 6.88. The highest BCUT2D eigenvalue weighted by Gasteiger charge is 2.41. The van der Waals surface area contributed by atoms with Crippen LogP contribution in [0.4, 0.5) is 5.69 Å².